The smallest absolute Gasteiger partial charge is 0.266 e. The normalized spacial score (nSPS) is 55.9. The van der Waals surface area contributed by atoms with Crippen LogP contribution >= 0.6 is 0 Å². The molecule has 4 N–H and O–H groups in total. The molecule has 0 aromatic carbocycles. The van der Waals surface area contributed by atoms with Gasteiger partial charge in [-0.3, -0.25) is 9.35 Å². The highest BCUT2D eigenvalue weighted by Crippen LogP contribution is 2.69. The van der Waals surface area contributed by atoms with E-state index in [4.69, 9.17) is 16.9 Å². The van der Waals surface area contributed by atoms with Crippen LogP contribution in [0.2, 0.25) is 0 Å². The maximum absolute atomic E-state index is 12.6. The number of aliphatic hydroxyl groups excluding tert-OH is 1. The number of aliphatic hydroxyl groups is 2. The Labute approximate surface area is 224 Å². The molecule has 0 aromatic heterocycles. The van der Waals surface area contributed by atoms with Gasteiger partial charge in [-0.2, -0.15) is 8.42 Å². The van der Waals surface area contributed by atoms with Crippen LogP contribution in [0.1, 0.15) is 97.7 Å². The summed E-state index contributed by atoms with van der Waals surface area (Å²) in [7, 11) is -5.46. The molecule has 0 bridgehead atoms. The summed E-state index contributed by atoms with van der Waals surface area (Å²) < 4.78 is 105. The first-order valence-corrected chi connectivity index (χ1v) is 14.2. The van der Waals surface area contributed by atoms with Gasteiger partial charge in [-0.1, -0.05) is 27.7 Å². The summed E-state index contributed by atoms with van der Waals surface area (Å²) in [5.41, 5.74) is -4.92. The fourth-order valence-electron chi connectivity index (χ4n) is 8.59. The third-order valence-electron chi connectivity index (χ3n) is 10.2. The first-order valence-electron chi connectivity index (χ1n) is 17.3. The average Bonchev–Trinajstić information content (AvgIpc) is 3.20. The summed E-state index contributed by atoms with van der Waals surface area (Å²) in [5.74, 6) is -2.84. The maximum atomic E-state index is 12.6. The molecule has 0 radical (unpaired) electrons. The summed E-state index contributed by atoms with van der Waals surface area (Å²) in [4.78, 5) is 12.6. The molecule has 4 fully saturated rings. The number of amides is 1. The van der Waals surface area contributed by atoms with Gasteiger partial charge in [0.1, 0.15) is 0 Å². The predicted octanol–water partition coefficient (Wildman–Crippen LogP) is 3.64. The van der Waals surface area contributed by atoms with Crippen LogP contribution in [-0.2, 0) is 14.9 Å². The molecule has 8 heteroatoms. The van der Waals surface area contributed by atoms with Gasteiger partial charge in [0.2, 0.25) is 5.91 Å². The lowest BCUT2D eigenvalue weighted by atomic mass is 9.42. The first-order chi connectivity index (χ1) is 19.6. The molecule has 4 unspecified atom stereocenters. The van der Waals surface area contributed by atoms with Gasteiger partial charge in [-0.05, 0) is 104 Å². The van der Waals surface area contributed by atoms with Gasteiger partial charge < -0.3 is 15.5 Å². The standard InChI is InChI=1S/C27H47NO6S/c1-16(5-8-23(30)28-13-14-35(32,33)34)19-6-7-20-24-21(10-12-26(19,20)3)27(4)11-9-18(29)15-22(27)17(2)25(24)31/h16-22,24-25,29,31H,5-15H2,1-4H3,(H,28,30)(H,32,33,34)/t16-,17-,18?,19-,20?,21?,22+,24?,25-,26-,27-/m1/s1/i9D2,13D2,14D2,15D2,18D. The summed E-state index contributed by atoms with van der Waals surface area (Å²) in [6.45, 7) is 4.37. The number of nitrogens with one attached hydrogen (secondary N) is 1. The fraction of sp³-hybridized carbons (Fsp3) is 0.963. The van der Waals surface area contributed by atoms with Crippen LogP contribution in [0.25, 0.3) is 0 Å². The van der Waals surface area contributed by atoms with Crippen LogP contribution in [0, 0.1) is 52.3 Å². The van der Waals surface area contributed by atoms with Crippen molar-refractivity contribution in [2.75, 3.05) is 12.2 Å². The Kier molecular flexibility index (Phi) is 5.01. The van der Waals surface area contributed by atoms with Gasteiger partial charge in [0, 0.05) is 21.1 Å². The van der Waals surface area contributed by atoms with Gasteiger partial charge in [0.25, 0.3) is 10.1 Å². The SMILES string of the molecule is [2H]C1([2H])C[C@]2(C)C3CC[C@@]4(C)C(CC[C@@H]4[C@H](C)CCC(=O)NC([2H])([2H])C([2H])([2H])S(=O)(=O)O)C3[C@H](O)[C@H](C)[C@@H]2C([2H])([2H])C1([2H])O. The van der Waals surface area contributed by atoms with Crippen LogP contribution in [0.4, 0.5) is 0 Å². The number of carbonyl (C=O) groups is 1. The molecule has 1 amide bonds. The average molecular weight is 523 g/mol. The topological polar surface area (TPSA) is 124 Å². The van der Waals surface area contributed by atoms with E-state index in [0.29, 0.717) is 12.8 Å². The monoisotopic (exact) mass is 522 g/mol. The molecule has 0 aliphatic heterocycles. The van der Waals surface area contributed by atoms with Crippen molar-refractivity contribution in [3.8, 4) is 0 Å². The third kappa shape index (κ3) is 5.06. The van der Waals surface area contributed by atoms with Crippen LogP contribution in [-0.4, -0.2) is 53.5 Å². The molecule has 202 valence electrons. The summed E-state index contributed by atoms with van der Waals surface area (Å²) in [5, 5.41) is 24.4. The minimum absolute atomic E-state index is 0.0300. The number of rotatable bonds is 7. The van der Waals surface area contributed by atoms with Gasteiger partial charge in [-0.15, -0.1) is 0 Å². The fourth-order valence-corrected chi connectivity index (χ4v) is 8.77. The Hall–Kier alpha value is -0.700. The molecule has 4 aliphatic carbocycles. The minimum Gasteiger partial charge on any atom is -0.393 e. The van der Waals surface area contributed by atoms with E-state index in [1.807, 2.05) is 13.8 Å². The van der Waals surface area contributed by atoms with E-state index in [1.54, 1.807) is 12.2 Å². The Balaban J connectivity index is 1.53. The van der Waals surface area contributed by atoms with Crippen LogP contribution in [0.15, 0.2) is 0 Å². The van der Waals surface area contributed by atoms with Crippen molar-refractivity contribution < 1.29 is 40.3 Å². The molecule has 0 saturated heterocycles. The molecule has 0 heterocycles. The molecule has 4 rings (SSSR count). The highest BCUT2D eigenvalue weighted by molar-refractivity contribution is 7.85. The van der Waals surface area contributed by atoms with Crippen LogP contribution in [0.5, 0.6) is 0 Å². The van der Waals surface area contributed by atoms with E-state index in [-0.39, 0.29) is 47.8 Å². The second kappa shape index (κ2) is 9.88. The first kappa shape index (κ1) is 17.7. The Morgan fingerprint density at radius 1 is 1.17 bits per heavy atom. The zero-order valence-corrected chi connectivity index (χ0v) is 21.9. The lowest BCUT2D eigenvalue weighted by Gasteiger charge is -2.64. The highest BCUT2D eigenvalue weighted by Gasteiger charge is 2.64. The van der Waals surface area contributed by atoms with Gasteiger partial charge in [0.15, 0.2) is 0 Å². The van der Waals surface area contributed by atoms with Crippen LogP contribution < -0.4 is 5.32 Å². The van der Waals surface area contributed by atoms with Crippen molar-refractivity contribution in [2.45, 2.75) is 97.6 Å². The zero-order valence-electron chi connectivity index (χ0n) is 30.0. The maximum Gasteiger partial charge on any atom is 0.266 e. The van der Waals surface area contributed by atoms with Gasteiger partial charge in [0.05, 0.1) is 22.0 Å². The zero-order chi connectivity index (χ0) is 33.9. The minimum atomic E-state index is -5.46. The number of hydrogen-bond acceptors (Lipinski definition) is 5. The second-order valence-corrected chi connectivity index (χ2v) is 13.1. The lowest BCUT2D eigenvalue weighted by molar-refractivity contribution is -0.199. The van der Waals surface area contributed by atoms with Crippen molar-refractivity contribution in [1.29, 1.82) is 0 Å². The Morgan fingerprint density at radius 3 is 2.54 bits per heavy atom. The van der Waals surface area contributed by atoms with Gasteiger partial charge in [-0.25, -0.2) is 0 Å². The van der Waals surface area contributed by atoms with Crippen molar-refractivity contribution in [1.82, 2.24) is 5.32 Å². The van der Waals surface area contributed by atoms with E-state index < -0.39 is 70.4 Å². The van der Waals surface area contributed by atoms with Crippen molar-refractivity contribution in [2.24, 2.45) is 52.3 Å². The van der Waals surface area contributed by atoms with Crippen LogP contribution in [0.3, 0.4) is 0 Å². The molecule has 35 heavy (non-hydrogen) atoms. The molecule has 7 nitrogen and oxygen atoms in total. The molecule has 11 atom stereocenters. The summed E-state index contributed by atoms with van der Waals surface area (Å²) >= 11 is 0. The van der Waals surface area contributed by atoms with E-state index in [2.05, 4.69) is 6.92 Å². The summed E-state index contributed by atoms with van der Waals surface area (Å²) in [6.07, 6.45) is -6.20. The molecular weight excluding hydrogens is 466 g/mol. The Morgan fingerprint density at radius 2 is 1.86 bits per heavy atom. The van der Waals surface area contributed by atoms with Crippen molar-refractivity contribution in [3.05, 3.63) is 0 Å². The molecule has 0 aromatic rings. The number of hydrogen-bond donors (Lipinski definition) is 4. The largest absolute Gasteiger partial charge is 0.393 e. The highest BCUT2D eigenvalue weighted by atomic mass is 32.2. The van der Waals surface area contributed by atoms with E-state index in [1.165, 1.54) is 0 Å². The quantitative estimate of drug-likeness (QED) is 0.379. The summed E-state index contributed by atoms with van der Waals surface area (Å²) in [6, 6.07) is 0. The molecule has 4 saturated carbocycles. The van der Waals surface area contributed by atoms with Gasteiger partial charge >= 0.3 is 0 Å². The third-order valence-corrected chi connectivity index (χ3v) is 10.6. The Bertz CT molecular complexity index is 1270. The number of fused-ring (bicyclic) bond motifs is 5. The van der Waals surface area contributed by atoms with E-state index in [9.17, 15) is 23.4 Å². The van der Waals surface area contributed by atoms with Crippen molar-refractivity contribution >= 4 is 16.0 Å². The molecule has 4 aliphatic rings. The molecule has 0 spiro atoms. The lowest BCUT2D eigenvalue weighted by Crippen LogP contribution is -2.61. The molecular formula is C27H47NO6S. The second-order valence-electron chi connectivity index (χ2n) is 12.0. The van der Waals surface area contributed by atoms with Crippen molar-refractivity contribution in [3.63, 3.8) is 0 Å². The van der Waals surface area contributed by atoms with E-state index >= 15 is 0 Å². The predicted molar refractivity (Wildman–Crippen MR) is 135 cm³/mol. The number of carbonyl (C=O) groups excluding carboxylic acids is 1. The van der Waals surface area contributed by atoms with E-state index in [0.717, 1.165) is 19.3 Å².